The maximum atomic E-state index is 13.1. The van der Waals surface area contributed by atoms with Crippen molar-refractivity contribution in [3.8, 4) is 5.75 Å². The Balaban J connectivity index is 0.00000169. The lowest BCUT2D eigenvalue weighted by Gasteiger charge is -2.10. The summed E-state index contributed by atoms with van der Waals surface area (Å²) in [6, 6.07) is 4.88. The monoisotopic (exact) mass is 263 g/mol. The van der Waals surface area contributed by atoms with Gasteiger partial charge in [-0.3, -0.25) is 0 Å². The van der Waals surface area contributed by atoms with E-state index in [-0.39, 0.29) is 28.8 Å². The zero-order valence-electron chi connectivity index (χ0n) is 8.29. The largest absolute Gasteiger partial charge is 0.493 e. The molecule has 80 valence electrons. The van der Waals surface area contributed by atoms with Gasteiger partial charge < -0.3 is 10.5 Å². The van der Waals surface area contributed by atoms with Gasteiger partial charge in [-0.1, -0.05) is 12.1 Å². The van der Waals surface area contributed by atoms with Gasteiger partial charge in [-0.25, -0.2) is 4.39 Å². The minimum absolute atomic E-state index is 0. The molecule has 0 radical (unpaired) electrons. The fourth-order valence-corrected chi connectivity index (χ4v) is 1.29. The molecule has 0 aliphatic carbocycles. The zero-order valence-corrected chi connectivity index (χ0v) is 10.0. The van der Waals surface area contributed by atoms with Gasteiger partial charge in [0.05, 0.1) is 7.11 Å². The number of ether oxygens (including phenoxy) is 1. The molecule has 1 unspecified atom stereocenters. The first-order valence-electron chi connectivity index (χ1n) is 4.22. The van der Waals surface area contributed by atoms with E-state index in [1.54, 1.807) is 6.07 Å². The summed E-state index contributed by atoms with van der Waals surface area (Å²) in [5, 5.41) is 0. The molecule has 0 fully saturated rings. The Labute approximate surface area is 94.0 Å². The van der Waals surface area contributed by atoms with Crippen LogP contribution in [0.1, 0.15) is 12.5 Å². The van der Waals surface area contributed by atoms with Crippen LogP contribution in [0.3, 0.4) is 0 Å². The Morgan fingerprint density at radius 3 is 2.64 bits per heavy atom. The van der Waals surface area contributed by atoms with Crippen LogP contribution < -0.4 is 10.5 Å². The van der Waals surface area contributed by atoms with Crippen molar-refractivity contribution in [2.24, 2.45) is 5.73 Å². The molecule has 0 aliphatic rings. The Kier molecular flexibility index (Phi) is 5.72. The number of halogens is 2. The number of methoxy groups -OCH3 is 1. The highest BCUT2D eigenvalue weighted by atomic mass is 79.9. The van der Waals surface area contributed by atoms with Gasteiger partial charge in [0, 0.05) is 6.04 Å². The first-order chi connectivity index (χ1) is 6.15. The molecule has 0 bridgehead atoms. The van der Waals surface area contributed by atoms with E-state index >= 15 is 0 Å². The van der Waals surface area contributed by atoms with Gasteiger partial charge in [0.2, 0.25) is 0 Å². The zero-order chi connectivity index (χ0) is 9.84. The summed E-state index contributed by atoms with van der Waals surface area (Å²) in [4.78, 5) is 0. The summed E-state index contributed by atoms with van der Waals surface area (Å²) in [5.41, 5.74) is 6.44. The van der Waals surface area contributed by atoms with Gasteiger partial charge in [0.25, 0.3) is 0 Å². The molecule has 0 aliphatic heterocycles. The van der Waals surface area contributed by atoms with E-state index in [9.17, 15) is 4.39 Å². The van der Waals surface area contributed by atoms with Crippen LogP contribution in [0, 0.1) is 5.82 Å². The van der Waals surface area contributed by atoms with Crippen LogP contribution in [0.5, 0.6) is 5.75 Å². The first kappa shape index (κ1) is 13.4. The quantitative estimate of drug-likeness (QED) is 0.909. The molecule has 2 N–H and O–H groups in total. The van der Waals surface area contributed by atoms with Crippen molar-refractivity contribution in [2.45, 2.75) is 19.4 Å². The van der Waals surface area contributed by atoms with Gasteiger partial charge in [-0.15, -0.1) is 17.0 Å². The molecule has 0 saturated carbocycles. The van der Waals surface area contributed by atoms with Crippen LogP contribution in [0.4, 0.5) is 4.39 Å². The highest BCUT2D eigenvalue weighted by Gasteiger charge is 2.09. The highest BCUT2D eigenvalue weighted by molar-refractivity contribution is 8.93. The average molecular weight is 264 g/mol. The maximum absolute atomic E-state index is 13.1. The lowest BCUT2D eigenvalue weighted by Crippen LogP contribution is -2.18. The first-order valence-corrected chi connectivity index (χ1v) is 4.22. The maximum Gasteiger partial charge on any atom is 0.165 e. The van der Waals surface area contributed by atoms with Crippen LogP contribution in [0.15, 0.2) is 18.2 Å². The van der Waals surface area contributed by atoms with Gasteiger partial charge in [0.15, 0.2) is 11.6 Å². The van der Waals surface area contributed by atoms with Crippen LogP contribution in [-0.4, -0.2) is 13.2 Å². The summed E-state index contributed by atoms with van der Waals surface area (Å²) in [7, 11) is 1.46. The lowest BCUT2D eigenvalue weighted by molar-refractivity contribution is 0.380. The number of nitrogens with two attached hydrogens (primary N) is 1. The van der Waals surface area contributed by atoms with Gasteiger partial charge in [-0.05, 0) is 25.0 Å². The molecule has 0 aromatic heterocycles. The van der Waals surface area contributed by atoms with E-state index in [1.165, 1.54) is 13.2 Å². The van der Waals surface area contributed by atoms with E-state index in [0.29, 0.717) is 12.2 Å². The number of rotatable bonds is 3. The smallest absolute Gasteiger partial charge is 0.165 e. The molecular formula is C10H15BrFNO. The van der Waals surface area contributed by atoms with Gasteiger partial charge in [0.1, 0.15) is 0 Å². The van der Waals surface area contributed by atoms with Gasteiger partial charge >= 0.3 is 0 Å². The van der Waals surface area contributed by atoms with Crippen molar-refractivity contribution in [2.75, 3.05) is 7.11 Å². The second-order valence-electron chi connectivity index (χ2n) is 3.11. The Hall–Kier alpha value is -0.610. The topological polar surface area (TPSA) is 35.2 Å². The fraction of sp³-hybridized carbons (Fsp3) is 0.400. The van der Waals surface area contributed by atoms with E-state index < -0.39 is 0 Å². The molecule has 0 heterocycles. The Morgan fingerprint density at radius 1 is 1.50 bits per heavy atom. The van der Waals surface area contributed by atoms with E-state index in [0.717, 1.165) is 5.56 Å². The van der Waals surface area contributed by atoms with Crippen molar-refractivity contribution < 1.29 is 9.13 Å². The fourth-order valence-electron chi connectivity index (χ4n) is 1.29. The van der Waals surface area contributed by atoms with Crippen LogP contribution in [-0.2, 0) is 6.42 Å². The minimum Gasteiger partial charge on any atom is -0.493 e. The van der Waals surface area contributed by atoms with Crippen molar-refractivity contribution in [3.05, 3.63) is 29.6 Å². The van der Waals surface area contributed by atoms with E-state index in [2.05, 4.69) is 0 Å². The Morgan fingerprint density at radius 2 is 2.14 bits per heavy atom. The average Bonchev–Trinajstić information content (AvgIpc) is 2.03. The van der Waals surface area contributed by atoms with Crippen LogP contribution in [0.2, 0.25) is 0 Å². The number of hydrogen-bond donors (Lipinski definition) is 1. The summed E-state index contributed by atoms with van der Waals surface area (Å²) in [6.07, 6.45) is 0.626. The third-order valence-electron chi connectivity index (χ3n) is 1.79. The molecule has 2 nitrogen and oxygen atoms in total. The summed E-state index contributed by atoms with van der Waals surface area (Å²) < 4.78 is 18.1. The SMILES string of the molecule is Br.COc1c(F)cccc1CC(C)N. The molecule has 1 aromatic rings. The predicted octanol–water partition coefficient (Wildman–Crippen LogP) is 2.30. The van der Waals surface area contributed by atoms with Crippen molar-refractivity contribution >= 4 is 17.0 Å². The molecule has 0 saturated heterocycles. The Bertz CT molecular complexity index is 291. The van der Waals surface area contributed by atoms with Crippen LogP contribution >= 0.6 is 17.0 Å². The minimum atomic E-state index is -0.333. The molecule has 1 aromatic carbocycles. The number of para-hydroxylation sites is 1. The molecule has 4 heteroatoms. The van der Waals surface area contributed by atoms with Crippen molar-refractivity contribution in [1.29, 1.82) is 0 Å². The summed E-state index contributed by atoms with van der Waals surface area (Å²) >= 11 is 0. The highest BCUT2D eigenvalue weighted by Crippen LogP contribution is 2.22. The molecule has 1 rings (SSSR count). The molecule has 0 spiro atoms. The lowest BCUT2D eigenvalue weighted by atomic mass is 10.1. The number of benzene rings is 1. The second-order valence-corrected chi connectivity index (χ2v) is 3.11. The summed E-state index contributed by atoms with van der Waals surface area (Å²) in [5.74, 6) is -0.0274. The third kappa shape index (κ3) is 3.27. The van der Waals surface area contributed by atoms with E-state index in [4.69, 9.17) is 10.5 Å². The van der Waals surface area contributed by atoms with Crippen LogP contribution in [0.25, 0.3) is 0 Å². The van der Waals surface area contributed by atoms with Crippen molar-refractivity contribution in [1.82, 2.24) is 0 Å². The van der Waals surface area contributed by atoms with Crippen molar-refractivity contribution in [3.63, 3.8) is 0 Å². The van der Waals surface area contributed by atoms with E-state index in [1.807, 2.05) is 13.0 Å². The molecule has 0 amide bonds. The van der Waals surface area contributed by atoms with Gasteiger partial charge in [-0.2, -0.15) is 0 Å². The molecular weight excluding hydrogens is 249 g/mol. The second kappa shape index (κ2) is 5.98. The molecule has 14 heavy (non-hydrogen) atoms. The molecule has 1 atom stereocenters. The normalized spacial score (nSPS) is 11.7. The standard InChI is InChI=1S/C10H14FNO.BrH/c1-7(12)6-8-4-3-5-9(11)10(8)13-2;/h3-5,7H,6,12H2,1-2H3;1H. The summed E-state index contributed by atoms with van der Waals surface area (Å²) in [6.45, 7) is 1.88. The third-order valence-corrected chi connectivity index (χ3v) is 1.79. The number of hydrogen-bond acceptors (Lipinski definition) is 2. The predicted molar refractivity (Wildman–Crippen MR) is 60.6 cm³/mol.